The van der Waals surface area contributed by atoms with Crippen molar-refractivity contribution in [2.45, 2.75) is 70.9 Å². The van der Waals surface area contributed by atoms with Crippen LogP contribution in [0.1, 0.15) is 63.1 Å². The topological polar surface area (TPSA) is 12.0 Å². The van der Waals surface area contributed by atoms with Crippen molar-refractivity contribution in [1.82, 2.24) is 5.32 Å². The average Bonchev–Trinajstić information content (AvgIpc) is 2.65. The first kappa shape index (κ1) is 13.1. The minimum Gasteiger partial charge on any atom is -0.306 e. The number of nitrogens with one attached hydrogen (secondary N) is 1. The van der Waals surface area contributed by atoms with Crippen molar-refractivity contribution in [3.05, 3.63) is 21.9 Å². The lowest BCUT2D eigenvalue weighted by Gasteiger charge is -2.42. The molecule has 0 spiro atoms. The molecule has 1 aliphatic rings. The van der Waals surface area contributed by atoms with Crippen LogP contribution < -0.4 is 5.32 Å². The van der Waals surface area contributed by atoms with Gasteiger partial charge in [-0.1, -0.05) is 27.7 Å². The minimum atomic E-state index is 0.293. The SMILES string of the molecule is CCC1(NCc2ccc(C(C)(C)C)s2)CCC1. The van der Waals surface area contributed by atoms with Crippen LogP contribution >= 0.6 is 11.3 Å². The van der Waals surface area contributed by atoms with E-state index >= 15 is 0 Å². The van der Waals surface area contributed by atoms with E-state index in [9.17, 15) is 0 Å². The van der Waals surface area contributed by atoms with Crippen LogP contribution in [-0.2, 0) is 12.0 Å². The normalized spacial score (nSPS) is 19.1. The van der Waals surface area contributed by atoms with E-state index in [4.69, 9.17) is 0 Å². The summed E-state index contributed by atoms with van der Waals surface area (Å²) in [6.07, 6.45) is 5.39. The quantitative estimate of drug-likeness (QED) is 0.832. The molecule has 0 bridgehead atoms. The third-order valence-corrected chi connectivity index (χ3v) is 5.54. The molecule has 2 rings (SSSR count). The van der Waals surface area contributed by atoms with E-state index in [0.717, 1.165) is 6.54 Å². The fourth-order valence-electron chi connectivity index (χ4n) is 2.41. The zero-order valence-electron chi connectivity index (χ0n) is 11.6. The zero-order chi connectivity index (χ0) is 12.5. The van der Waals surface area contributed by atoms with Gasteiger partial charge in [0.1, 0.15) is 0 Å². The molecule has 0 radical (unpaired) electrons. The van der Waals surface area contributed by atoms with E-state index in [1.165, 1.54) is 35.4 Å². The fraction of sp³-hybridized carbons (Fsp3) is 0.733. The van der Waals surface area contributed by atoms with Gasteiger partial charge in [0.25, 0.3) is 0 Å². The number of hydrogen-bond donors (Lipinski definition) is 1. The molecule has 1 aromatic rings. The van der Waals surface area contributed by atoms with Crippen LogP contribution in [0, 0.1) is 0 Å². The molecule has 1 nitrogen and oxygen atoms in total. The van der Waals surface area contributed by atoms with Crippen LogP contribution in [0.15, 0.2) is 12.1 Å². The van der Waals surface area contributed by atoms with Crippen LogP contribution in [0.5, 0.6) is 0 Å². The lowest BCUT2D eigenvalue weighted by Crippen LogP contribution is -2.49. The third-order valence-electron chi connectivity index (χ3n) is 4.03. The second-order valence-electron chi connectivity index (χ2n) is 6.36. The van der Waals surface area contributed by atoms with Gasteiger partial charge in [0.15, 0.2) is 0 Å². The molecule has 17 heavy (non-hydrogen) atoms. The molecule has 1 fully saturated rings. The van der Waals surface area contributed by atoms with E-state index < -0.39 is 0 Å². The molecule has 0 amide bonds. The molecule has 0 aromatic carbocycles. The van der Waals surface area contributed by atoms with Gasteiger partial charge in [0.05, 0.1) is 0 Å². The highest BCUT2D eigenvalue weighted by Gasteiger charge is 2.34. The van der Waals surface area contributed by atoms with Crippen molar-refractivity contribution in [3.8, 4) is 0 Å². The second kappa shape index (κ2) is 4.74. The van der Waals surface area contributed by atoms with Crippen molar-refractivity contribution in [3.63, 3.8) is 0 Å². The van der Waals surface area contributed by atoms with Crippen molar-refractivity contribution >= 4 is 11.3 Å². The van der Waals surface area contributed by atoms with Crippen LogP contribution in [0.25, 0.3) is 0 Å². The van der Waals surface area contributed by atoms with Gasteiger partial charge in [-0.2, -0.15) is 0 Å². The smallest absolute Gasteiger partial charge is 0.0304 e. The predicted octanol–water partition coefficient (Wildman–Crippen LogP) is 4.47. The lowest BCUT2D eigenvalue weighted by atomic mass is 9.75. The summed E-state index contributed by atoms with van der Waals surface area (Å²) in [4.78, 5) is 2.98. The molecule has 1 N–H and O–H groups in total. The Kier molecular flexibility index (Phi) is 3.65. The Morgan fingerprint density at radius 2 is 2.00 bits per heavy atom. The summed E-state index contributed by atoms with van der Waals surface area (Å²) in [5, 5.41) is 3.77. The molecule has 1 aromatic heterocycles. The number of rotatable bonds is 4. The lowest BCUT2D eigenvalue weighted by molar-refractivity contribution is 0.176. The maximum Gasteiger partial charge on any atom is 0.0304 e. The summed E-state index contributed by atoms with van der Waals surface area (Å²) in [5.41, 5.74) is 0.758. The Morgan fingerprint density at radius 3 is 2.41 bits per heavy atom. The molecule has 1 saturated carbocycles. The van der Waals surface area contributed by atoms with E-state index in [0.29, 0.717) is 11.0 Å². The predicted molar refractivity (Wildman–Crippen MR) is 76.7 cm³/mol. The minimum absolute atomic E-state index is 0.293. The summed E-state index contributed by atoms with van der Waals surface area (Å²) in [6, 6.07) is 4.58. The van der Waals surface area contributed by atoms with Gasteiger partial charge in [0, 0.05) is 21.8 Å². The molecule has 2 heteroatoms. The molecular formula is C15H25NS. The summed E-state index contributed by atoms with van der Waals surface area (Å²) in [5.74, 6) is 0. The van der Waals surface area contributed by atoms with Crippen LogP contribution in [-0.4, -0.2) is 5.54 Å². The van der Waals surface area contributed by atoms with Crippen LogP contribution in [0.4, 0.5) is 0 Å². The first-order valence-electron chi connectivity index (χ1n) is 6.79. The number of hydrogen-bond acceptors (Lipinski definition) is 2. The third kappa shape index (κ3) is 2.92. The molecule has 0 unspecified atom stereocenters. The van der Waals surface area contributed by atoms with Crippen LogP contribution in [0.2, 0.25) is 0 Å². The highest BCUT2D eigenvalue weighted by atomic mass is 32.1. The Balaban J connectivity index is 1.93. The molecule has 1 aliphatic carbocycles. The Bertz CT molecular complexity index is 363. The highest BCUT2D eigenvalue weighted by Crippen LogP contribution is 2.35. The molecule has 0 atom stereocenters. The van der Waals surface area contributed by atoms with E-state index in [2.05, 4.69) is 45.1 Å². The number of thiophene rings is 1. The molecular weight excluding hydrogens is 226 g/mol. The average molecular weight is 251 g/mol. The molecule has 1 heterocycles. The molecule has 0 saturated heterocycles. The Hall–Kier alpha value is -0.340. The zero-order valence-corrected chi connectivity index (χ0v) is 12.4. The second-order valence-corrected chi connectivity index (χ2v) is 7.53. The Morgan fingerprint density at radius 1 is 1.29 bits per heavy atom. The largest absolute Gasteiger partial charge is 0.306 e. The first-order valence-corrected chi connectivity index (χ1v) is 7.61. The van der Waals surface area contributed by atoms with Crippen molar-refractivity contribution in [2.75, 3.05) is 0 Å². The fourth-order valence-corrected chi connectivity index (χ4v) is 3.41. The van der Waals surface area contributed by atoms with Gasteiger partial charge in [-0.3, -0.25) is 0 Å². The maximum absolute atomic E-state index is 3.77. The monoisotopic (exact) mass is 251 g/mol. The summed E-state index contributed by atoms with van der Waals surface area (Å²) < 4.78 is 0. The van der Waals surface area contributed by atoms with Gasteiger partial charge >= 0.3 is 0 Å². The van der Waals surface area contributed by atoms with Crippen LogP contribution in [0.3, 0.4) is 0 Å². The standard InChI is InChI=1S/C15H25NS/c1-5-15(9-6-10-15)16-11-12-7-8-13(17-12)14(2,3)4/h7-8,16H,5-6,9-11H2,1-4H3. The highest BCUT2D eigenvalue weighted by molar-refractivity contribution is 7.12. The van der Waals surface area contributed by atoms with Gasteiger partial charge in [-0.05, 0) is 43.2 Å². The van der Waals surface area contributed by atoms with Crippen molar-refractivity contribution in [1.29, 1.82) is 0 Å². The van der Waals surface area contributed by atoms with Crippen molar-refractivity contribution in [2.24, 2.45) is 0 Å². The summed E-state index contributed by atoms with van der Waals surface area (Å²) in [7, 11) is 0. The Labute approximate surface area is 110 Å². The van der Waals surface area contributed by atoms with Gasteiger partial charge in [0.2, 0.25) is 0 Å². The van der Waals surface area contributed by atoms with Crippen molar-refractivity contribution < 1.29 is 0 Å². The van der Waals surface area contributed by atoms with Gasteiger partial charge in [-0.25, -0.2) is 0 Å². The summed E-state index contributed by atoms with van der Waals surface area (Å²) >= 11 is 1.96. The van der Waals surface area contributed by atoms with E-state index in [1.807, 2.05) is 11.3 Å². The van der Waals surface area contributed by atoms with Gasteiger partial charge in [-0.15, -0.1) is 11.3 Å². The summed E-state index contributed by atoms with van der Waals surface area (Å²) in [6.45, 7) is 10.2. The van der Waals surface area contributed by atoms with E-state index in [-0.39, 0.29) is 0 Å². The first-order chi connectivity index (χ1) is 7.95. The van der Waals surface area contributed by atoms with Gasteiger partial charge < -0.3 is 5.32 Å². The maximum atomic E-state index is 3.77. The molecule has 0 aliphatic heterocycles. The van der Waals surface area contributed by atoms with E-state index in [1.54, 1.807) is 0 Å². The molecule has 96 valence electrons.